The van der Waals surface area contributed by atoms with Crippen LogP contribution in [0.25, 0.3) is 0 Å². The van der Waals surface area contributed by atoms with Gasteiger partial charge in [-0.25, -0.2) is 0 Å². The van der Waals surface area contributed by atoms with Crippen molar-refractivity contribution in [3.05, 3.63) is 0 Å². The third kappa shape index (κ3) is 3.27. The first-order chi connectivity index (χ1) is 8.45. The molecule has 1 aliphatic carbocycles. The second-order valence-corrected chi connectivity index (χ2v) is 7.67. The monoisotopic (exact) mass is 252 g/mol. The van der Waals surface area contributed by atoms with Crippen LogP contribution in [0, 0.1) is 10.8 Å². The molecule has 0 aromatic rings. The lowest BCUT2D eigenvalue weighted by atomic mass is 9.81. The van der Waals surface area contributed by atoms with Crippen molar-refractivity contribution in [3.8, 4) is 0 Å². The molecule has 0 spiro atoms. The van der Waals surface area contributed by atoms with Crippen molar-refractivity contribution >= 4 is 0 Å². The van der Waals surface area contributed by atoms with Crippen molar-refractivity contribution in [1.29, 1.82) is 0 Å². The average Bonchev–Trinajstić information content (AvgIpc) is 2.77. The molecule has 0 aromatic carbocycles. The fourth-order valence-electron chi connectivity index (χ4n) is 3.76. The Hall–Kier alpha value is -0.0800. The molecule has 1 atom stereocenters. The first-order valence-electron chi connectivity index (χ1n) is 7.91. The molecular weight excluding hydrogens is 220 g/mol. The van der Waals surface area contributed by atoms with E-state index < -0.39 is 0 Å². The van der Waals surface area contributed by atoms with E-state index in [2.05, 4.69) is 37.9 Å². The highest BCUT2D eigenvalue weighted by atomic mass is 15.2. The van der Waals surface area contributed by atoms with Gasteiger partial charge in [-0.3, -0.25) is 4.90 Å². The third-order valence-corrected chi connectivity index (χ3v) is 5.28. The lowest BCUT2D eigenvalue weighted by Gasteiger charge is -2.43. The molecule has 1 heterocycles. The fourth-order valence-corrected chi connectivity index (χ4v) is 3.76. The van der Waals surface area contributed by atoms with Gasteiger partial charge in [0.05, 0.1) is 0 Å². The predicted octanol–water partition coefficient (Wildman–Crippen LogP) is 3.28. The molecule has 0 radical (unpaired) electrons. The Morgan fingerprint density at radius 2 is 1.89 bits per heavy atom. The van der Waals surface area contributed by atoms with Crippen LogP contribution < -0.4 is 5.32 Å². The van der Waals surface area contributed by atoms with Crippen LogP contribution in [0.2, 0.25) is 0 Å². The van der Waals surface area contributed by atoms with Gasteiger partial charge in [-0.1, -0.05) is 40.5 Å². The minimum Gasteiger partial charge on any atom is -0.311 e. The summed E-state index contributed by atoms with van der Waals surface area (Å²) in [6.45, 7) is 14.5. The first-order valence-corrected chi connectivity index (χ1v) is 7.91. The molecule has 1 aliphatic heterocycles. The summed E-state index contributed by atoms with van der Waals surface area (Å²) >= 11 is 0. The number of hydrogen-bond acceptors (Lipinski definition) is 2. The minimum atomic E-state index is 0.383. The van der Waals surface area contributed by atoms with Crippen LogP contribution in [0.1, 0.15) is 59.8 Å². The molecule has 0 aromatic heterocycles. The predicted molar refractivity (Wildman–Crippen MR) is 78.9 cm³/mol. The van der Waals surface area contributed by atoms with E-state index in [0.717, 1.165) is 0 Å². The van der Waals surface area contributed by atoms with E-state index in [4.69, 9.17) is 0 Å². The van der Waals surface area contributed by atoms with Gasteiger partial charge in [0, 0.05) is 32.2 Å². The van der Waals surface area contributed by atoms with Crippen molar-refractivity contribution in [3.63, 3.8) is 0 Å². The maximum atomic E-state index is 3.70. The third-order valence-electron chi connectivity index (χ3n) is 5.28. The molecule has 2 aliphatic rings. The van der Waals surface area contributed by atoms with Gasteiger partial charge in [-0.15, -0.1) is 0 Å². The summed E-state index contributed by atoms with van der Waals surface area (Å²) in [7, 11) is 0. The Morgan fingerprint density at radius 3 is 2.44 bits per heavy atom. The molecule has 1 unspecified atom stereocenters. The fraction of sp³-hybridized carbons (Fsp3) is 1.00. The summed E-state index contributed by atoms with van der Waals surface area (Å²) < 4.78 is 0. The lowest BCUT2D eigenvalue weighted by molar-refractivity contribution is 0.0850. The number of nitrogens with zero attached hydrogens (tertiary/aromatic N) is 1. The molecule has 2 heteroatoms. The number of rotatable bonds is 3. The molecular formula is C16H32N2. The quantitative estimate of drug-likeness (QED) is 0.829. The molecule has 106 valence electrons. The first kappa shape index (κ1) is 14.3. The highest BCUT2D eigenvalue weighted by molar-refractivity contribution is 4.92. The van der Waals surface area contributed by atoms with Crippen molar-refractivity contribution < 1.29 is 0 Å². The Bertz CT molecular complexity index is 261. The van der Waals surface area contributed by atoms with E-state index in [1.165, 1.54) is 58.3 Å². The standard InChI is InChI=1S/C16H32N2/c1-5-16(8-6-7-9-16)13-18-11-10-17-14(12-18)15(2,3)4/h14,17H,5-13H2,1-4H3. The molecule has 2 nitrogen and oxygen atoms in total. The topological polar surface area (TPSA) is 15.3 Å². The zero-order chi connectivity index (χ0) is 13.2. The Balaban J connectivity index is 1.93. The maximum Gasteiger partial charge on any atom is 0.0244 e. The molecule has 1 saturated carbocycles. The SMILES string of the molecule is CCC1(CN2CCNC(C(C)(C)C)C2)CCCC1. The van der Waals surface area contributed by atoms with E-state index in [9.17, 15) is 0 Å². The Labute approximate surface area is 114 Å². The average molecular weight is 252 g/mol. The molecule has 1 saturated heterocycles. The Morgan fingerprint density at radius 1 is 1.22 bits per heavy atom. The van der Waals surface area contributed by atoms with E-state index in [-0.39, 0.29) is 0 Å². The zero-order valence-electron chi connectivity index (χ0n) is 12.9. The lowest BCUT2D eigenvalue weighted by Crippen LogP contribution is -2.57. The smallest absolute Gasteiger partial charge is 0.0244 e. The molecule has 0 bridgehead atoms. The van der Waals surface area contributed by atoms with E-state index in [1.54, 1.807) is 0 Å². The molecule has 18 heavy (non-hydrogen) atoms. The number of hydrogen-bond donors (Lipinski definition) is 1. The van der Waals surface area contributed by atoms with Gasteiger partial charge < -0.3 is 5.32 Å². The van der Waals surface area contributed by atoms with Crippen molar-refractivity contribution in [2.45, 2.75) is 65.8 Å². The minimum absolute atomic E-state index is 0.383. The van der Waals surface area contributed by atoms with E-state index in [0.29, 0.717) is 16.9 Å². The van der Waals surface area contributed by atoms with E-state index in [1.807, 2.05) is 0 Å². The van der Waals surface area contributed by atoms with Gasteiger partial charge in [-0.2, -0.15) is 0 Å². The van der Waals surface area contributed by atoms with Crippen LogP contribution in [0.4, 0.5) is 0 Å². The van der Waals surface area contributed by atoms with Gasteiger partial charge in [0.15, 0.2) is 0 Å². The van der Waals surface area contributed by atoms with Gasteiger partial charge in [0.25, 0.3) is 0 Å². The normalized spacial score (nSPS) is 29.7. The van der Waals surface area contributed by atoms with Gasteiger partial charge in [0.1, 0.15) is 0 Å². The summed E-state index contributed by atoms with van der Waals surface area (Å²) in [5.74, 6) is 0. The second kappa shape index (κ2) is 5.50. The summed E-state index contributed by atoms with van der Waals surface area (Å²) in [5, 5.41) is 3.70. The number of piperazine rings is 1. The molecule has 0 amide bonds. The summed E-state index contributed by atoms with van der Waals surface area (Å²) in [6.07, 6.45) is 7.23. The van der Waals surface area contributed by atoms with Crippen molar-refractivity contribution in [1.82, 2.24) is 10.2 Å². The van der Waals surface area contributed by atoms with Crippen molar-refractivity contribution in [2.75, 3.05) is 26.2 Å². The van der Waals surface area contributed by atoms with Gasteiger partial charge in [0.2, 0.25) is 0 Å². The van der Waals surface area contributed by atoms with Crippen LogP contribution in [0.15, 0.2) is 0 Å². The summed E-state index contributed by atoms with van der Waals surface area (Å²) in [6, 6.07) is 0.654. The maximum absolute atomic E-state index is 3.70. The Kier molecular flexibility index (Phi) is 4.38. The highest BCUT2D eigenvalue weighted by Gasteiger charge is 2.36. The van der Waals surface area contributed by atoms with Crippen LogP contribution in [0.5, 0.6) is 0 Å². The molecule has 2 rings (SSSR count). The highest BCUT2D eigenvalue weighted by Crippen LogP contribution is 2.41. The second-order valence-electron chi connectivity index (χ2n) is 7.67. The van der Waals surface area contributed by atoms with Gasteiger partial charge in [-0.05, 0) is 30.1 Å². The van der Waals surface area contributed by atoms with E-state index >= 15 is 0 Å². The number of nitrogens with one attached hydrogen (secondary N) is 1. The van der Waals surface area contributed by atoms with Crippen molar-refractivity contribution in [2.24, 2.45) is 10.8 Å². The summed E-state index contributed by atoms with van der Waals surface area (Å²) in [5.41, 5.74) is 1.04. The summed E-state index contributed by atoms with van der Waals surface area (Å²) in [4.78, 5) is 2.74. The molecule has 1 N–H and O–H groups in total. The van der Waals surface area contributed by atoms with Crippen LogP contribution in [0.3, 0.4) is 0 Å². The van der Waals surface area contributed by atoms with Gasteiger partial charge >= 0.3 is 0 Å². The van der Waals surface area contributed by atoms with Crippen LogP contribution >= 0.6 is 0 Å². The molecule has 2 fully saturated rings. The van der Waals surface area contributed by atoms with Crippen LogP contribution in [-0.2, 0) is 0 Å². The van der Waals surface area contributed by atoms with Crippen LogP contribution in [-0.4, -0.2) is 37.1 Å². The zero-order valence-corrected chi connectivity index (χ0v) is 12.9. The largest absolute Gasteiger partial charge is 0.311 e.